The second-order valence-electron chi connectivity index (χ2n) is 15.8. The molecule has 218 valence electrons. The number of aliphatic hydroxyl groups is 1. The summed E-state index contributed by atoms with van der Waals surface area (Å²) >= 11 is 0. The third kappa shape index (κ3) is 3.58. The van der Waals surface area contributed by atoms with Gasteiger partial charge in [0, 0.05) is 24.4 Å². The molecule has 0 radical (unpaired) electrons. The van der Waals surface area contributed by atoms with E-state index < -0.39 is 5.54 Å². The first kappa shape index (κ1) is 28.1. The first-order chi connectivity index (χ1) is 18.7. The number of carbonyl (C=O) groups excluding carboxylic acids is 2. The first-order valence-electron chi connectivity index (χ1n) is 15.9. The Labute approximate surface area is 241 Å². The Hall–Kier alpha value is -2.01. The monoisotopic (exact) mass is 546 g/mol. The van der Waals surface area contributed by atoms with Crippen molar-refractivity contribution < 1.29 is 14.7 Å². The molecule has 0 aromatic carbocycles. The summed E-state index contributed by atoms with van der Waals surface area (Å²) in [7, 11) is 0. The highest BCUT2D eigenvalue weighted by Gasteiger charge is 2.70. The summed E-state index contributed by atoms with van der Waals surface area (Å²) in [5, 5.41) is 14.5. The van der Waals surface area contributed by atoms with Gasteiger partial charge in [0.15, 0.2) is 5.78 Å². The molecular formula is C35H50N2O3. The highest BCUT2D eigenvalue weighted by atomic mass is 16.3. The Morgan fingerprint density at radius 1 is 0.925 bits per heavy atom. The number of nitrogens with zero attached hydrogens (tertiary/aromatic N) is 1. The summed E-state index contributed by atoms with van der Waals surface area (Å²) in [6.07, 6.45) is 11.9. The normalized spacial score (nSPS) is 44.0. The molecule has 40 heavy (non-hydrogen) atoms. The number of pyridine rings is 1. The van der Waals surface area contributed by atoms with Crippen LogP contribution in [0.1, 0.15) is 117 Å². The minimum absolute atomic E-state index is 0.0593. The van der Waals surface area contributed by atoms with Gasteiger partial charge in [-0.05, 0) is 120 Å². The van der Waals surface area contributed by atoms with Gasteiger partial charge in [-0.15, -0.1) is 0 Å². The van der Waals surface area contributed by atoms with Crippen LogP contribution in [-0.4, -0.2) is 33.4 Å². The van der Waals surface area contributed by atoms with Crippen molar-refractivity contribution >= 4 is 11.7 Å². The van der Waals surface area contributed by atoms with Crippen LogP contribution in [0.4, 0.5) is 0 Å². The van der Waals surface area contributed by atoms with Gasteiger partial charge in [0.05, 0.1) is 11.6 Å². The van der Waals surface area contributed by atoms with Crippen LogP contribution in [0.5, 0.6) is 0 Å². The van der Waals surface area contributed by atoms with E-state index in [-0.39, 0.29) is 45.4 Å². The summed E-state index contributed by atoms with van der Waals surface area (Å²) in [6.45, 7) is 16.6. The molecule has 4 fully saturated rings. The lowest BCUT2D eigenvalue weighted by Gasteiger charge is -2.72. The molecule has 1 aromatic heterocycles. The number of fused-ring (bicyclic) bond motifs is 7. The van der Waals surface area contributed by atoms with Crippen molar-refractivity contribution in [2.45, 2.75) is 118 Å². The topological polar surface area (TPSA) is 79.3 Å². The van der Waals surface area contributed by atoms with E-state index in [9.17, 15) is 14.7 Å². The molecule has 4 saturated carbocycles. The van der Waals surface area contributed by atoms with E-state index in [4.69, 9.17) is 0 Å². The fourth-order valence-corrected chi connectivity index (χ4v) is 11.5. The fourth-order valence-electron chi connectivity index (χ4n) is 11.5. The molecule has 8 atom stereocenters. The van der Waals surface area contributed by atoms with E-state index in [1.165, 1.54) is 12.0 Å². The standard InChI is InChI=1S/C35H50N2O3/c1-21(2)28-24(38)20-35(37-30(40)22-12-18-36-19-13-22)17-16-33(6)23(29(28)35)8-9-26-32(5)14-11-27(39)31(3,4)25(32)10-15-34(26,33)7/h12-13,18-19,21,23,25-27,39H,8-11,14-17,20H2,1-7H3,(H,37,40)/t23-,25+,26-,27+,32+,33-,34-,35-/m1/s1. The van der Waals surface area contributed by atoms with Gasteiger partial charge in [0.1, 0.15) is 0 Å². The minimum Gasteiger partial charge on any atom is -0.393 e. The van der Waals surface area contributed by atoms with Crippen molar-refractivity contribution in [3.63, 3.8) is 0 Å². The largest absolute Gasteiger partial charge is 0.393 e. The lowest BCUT2D eigenvalue weighted by molar-refractivity contribution is -0.226. The number of hydrogen-bond acceptors (Lipinski definition) is 4. The highest BCUT2D eigenvalue weighted by molar-refractivity contribution is 6.03. The van der Waals surface area contributed by atoms with Crippen molar-refractivity contribution in [1.29, 1.82) is 0 Å². The van der Waals surface area contributed by atoms with Crippen LogP contribution >= 0.6 is 0 Å². The van der Waals surface area contributed by atoms with Crippen molar-refractivity contribution in [1.82, 2.24) is 10.3 Å². The number of rotatable bonds is 3. The van der Waals surface area contributed by atoms with Crippen molar-refractivity contribution in [3.05, 3.63) is 41.2 Å². The fraction of sp³-hybridized carbons (Fsp3) is 0.743. The molecule has 5 aliphatic rings. The summed E-state index contributed by atoms with van der Waals surface area (Å²) in [5.74, 6) is 1.71. The van der Waals surface area contributed by atoms with Crippen LogP contribution in [0.25, 0.3) is 0 Å². The van der Waals surface area contributed by atoms with E-state index in [0.29, 0.717) is 29.7 Å². The van der Waals surface area contributed by atoms with Crippen LogP contribution in [0.2, 0.25) is 0 Å². The Bertz CT molecular complexity index is 1250. The molecule has 1 aromatic rings. The number of aliphatic hydroxyl groups excluding tert-OH is 1. The van der Waals surface area contributed by atoms with Gasteiger partial charge in [-0.2, -0.15) is 0 Å². The number of ketones is 1. The molecule has 1 amide bonds. The summed E-state index contributed by atoms with van der Waals surface area (Å²) in [4.78, 5) is 31.4. The average Bonchev–Trinajstić information content (AvgIpc) is 3.19. The third-order valence-corrected chi connectivity index (χ3v) is 13.7. The van der Waals surface area contributed by atoms with Crippen LogP contribution in [0.15, 0.2) is 35.7 Å². The van der Waals surface area contributed by atoms with Crippen LogP contribution in [-0.2, 0) is 4.79 Å². The molecule has 0 aliphatic heterocycles. The summed E-state index contributed by atoms with van der Waals surface area (Å²) in [6, 6.07) is 3.52. The van der Waals surface area contributed by atoms with Crippen LogP contribution in [0, 0.1) is 45.3 Å². The van der Waals surface area contributed by atoms with Gasteiger partial charge >= 0.3 is 0 Å². The molecule has 0 spiro atoms. The van der Waals surface area contributed by atoms with Gasteiger partial charge in [-0.25, -0.2) is 0 Å². The lowest BCUT2D eigenvalue weighted by Crippen LogP contribution is -2.67. The highest BCUT2D eigenvalue weighted by Crippen LogP contribution is 2.75. The number of hydrogen-bond donors (Lipinski definition) is 2. The molecule has 5 aliphatic carbocycles. The van der Waals surface area contributed by atoms with Crippen molar-refractivity contribution in [2.24, 2.45) is 45.3 Å². The zero-order valence-electron chi connectivity index (χ0n) is 25.8. The quantitative estimate of drug-likeness (QED) is 0.432. The smallest absolute Gasteiger partial charge is 0.252 e. The van der Waals surface area contributed by atoms with Gasteiger partial charge < -0.3 is 10.4 Å². The Balaban J connectivity index is 1.41. The number of Topliss-reactive ketones (excluding diaryl/α,β-unsaturated/α-hetero) is 1. The molecule has 5 nitrogen and oxygen atoms in total. The van der Waals surface area contributed by atoms with Gasteiger partial charge in [-0.3, -0.25) is 14.6 Å². The zero-order chi connectivity index (χ0) is 28.9. The maximum absolute atomic E-state index is 13.7. The van der Waals surface area contributed by atoms with Crippen molar-refractivity contribution in [3.8, 4) is 0 Å². The maximum Gasteiger partial charge on any atom is 0.252 e. The first-order valence-corrected chi connectivity index (χ1v) is 15.9. The van der Waals surface area contributed by atoms with E-state index in [0.717, 1.165) is 50.5 Å². The second-order valence-corrected chi connectivity index (χ2v) is 15.8. The van der Waals surface area contributed by atoms with E-state index >= 15 is 0 Å². The number of amides is 1. The van der Waals surface area contributed by atoms with Gasteiger partial charge in [0.25, 0.3) is 5.91 Å². The van der Waals surface area contributed by atoms with Gasteiger partial charge in [0.2, 0.25) is 0 Å². The molecular weight excluding hydrogens is 496 g/mol. The third-order valence-electron chi connectivity index (χ3n) is 13.7. The number of nitrogens with one attached hydrogen (secondary N) is 1. The molecule has 6 rings (SSSR count). The number of aromatic nitrogens is 1. The Kier molecular flexibility index (Phi) is 6.32. The van der Waals surface area contributed by atoms with Crippen LogP contribution < -0.4 is 5.32 Å². The second kappa shape index (κ2) is 8.99. The SMILES string of the molecule is CC(C)C1=C2[C@H]3CC[C@@H]4[C@@]5(C)CC[C@H](O)C(C)(C)[C@@H]5CC[C@@]4(C)[C@]3(C)CC[C@@]2(NC(=O)c2ccncc2)CC1=O. The molecule has 0 bridgehead atoms. The molecule has 0 unspecified atom stereocenters. The molecule has 2 N–H and O–H groups in total. The number of carbonyl (C=O) groups is 2. The Morgan fingerprint density at radius 2 is 1.62 bits per heavy atom. The Morgan fingerprint density at radius 3 is 2.30 bits per heavy atom. The van der Waals surface area contributed by atoms with Gasteiger partial charge in [-0.1, -0.05) is 48.5 Å². The molecule has 5 heteroatoms. The predicted octanol–water partition coefficient (Wildman–Crippen LogP) is 6.91. The van der Waals surface area contributed by atoms with Crippen molar-refractivity contribution in [2.75, 3.05) is 0 Å². The van der Waals surface area contributed by atoms with E-state index in [1.807, 2.05) is 0 Å². The number of allylic oxidation sites excluding steroid dienone is 1. The summed E-state index contributed by atoms with van der Waals surface area (Å²) in [5.41, 5.74) is 2.67. The molecule has 0 saturated heterocycles. The van der Waals surface area contributed by atoms with E-state index in [2.05, 4.69) is 58.8 Å². The molecule has 1 heterocycles. The lowest BCUT2D eigenvalue weighted by atomic mass is 9.33. The average molecular weight is 547 g/mol. The van der Waals surface area contributed by atoms with Crippen LogP contribution in [0.3, 0.4) is 0 Å². The zero-order valence-corrected chi connectivity index (χ0v) is 25.8. The van der Waals surface area contributed by atoms with E-state index in [1.54, 1.807) is 24.5 Å². The minimum atomic E-state index is -0.581. The summed E-state index contributed by atoms with van der Waals surface area (Å²) < 4.78 is 0. The predicted molar refractivity (Wildman–Crippen MR) is 157 cm³/mol. The maximum atomic E-state index is 13.7.